The zero-order valence-corrected chi connectivity index (χ0v) is 14.1. The summed E-state index contributed by atoms with van der Waals surface area (Å²) in [7, 11) is 0. The van der Waals surface area contributed by atoms with E-state index in [4.69, 9.17) is 0 Å². The Bertz CT molecular complexity index is 686. The number of rotatable bonds is 3. The van der Waals surface area contributed by atoms with E-state index in [1.165, 1.54) is 23.0 Å². The first-order valence-electron chi connectivity index (χ1n) is 8.18. The van der Waals surface area contributed by atoms with Crippen LogP contribution in [0, 0.1) is 0 Å². The molecule has 5 heteroatoms. The van der Waals surface area contributed by atoms with E-state index in [2.05, 4.69) is 54.2 Å². The van der Waals surface area contributed by atoms with Crippen molar-refractivity contribution in [1.29, 1.82) is 0 Å². The van der Waals surface area contributed by atoms with Crippen LogP contribution in [0.5, 0.6) is 0 Å². The molecule has 1 aliphatic rings. The Kier molecular flexibility index (Phi) is 4.20. The molecule has 1 amide bonds. The normalized spacial score (nSPS) is 14.7. The third-order valence-electron chi connectivity index (χ3n) is 4.48. The van der Waals surface area contributed by atoms with E-state index >= 15 is 0 Å². The van der Waals surface area contributed by atoms with Crippen LogP contribution in [-0.2, 0) is 29.6 Å². The van der Waals surface area contributed by atoms with Gasteiger partial charge in [0.2, 0.25) is 5.91 Å². The fraction of sp³-hybridized carbons (Fsp3) is 0.500. The van der Waals surface area contributed by atoms with Crippen molar-refractivity contribution >= 4 is 5.91 Å². The lowest BCUT2D eigenvalue weighted by atomic mass is 9.84. The first-order chi connectivity index (χ1) is 10.9. The number of nitrogens with one attached hydrogen (secondary N) is 1. The van der Waals surface area contributed by atoms with Crippen LogP contribution in [0.3, 0.4) is 0 Å². The summed E-state index contributed by atoms with van der Waals surface area (Å²) in [6.07, 6.45) is 3.51. The molecular formula is C18H24N4O. The summed E-state index contributed by atoms with van der Waals surface area (Å²) in [6.45, 7) is 8.18. The van der Waals surface area contributed by atoms with Crippen LogP contribution in [0.25, 0.3) is 0 Å². The minimum atomic E-state index is 0.133. The van der Waals surface area contributed by atoms with Crippen LogP contribution in [-0.4, -0.2) is 32.5 Å². The number of H-pyrrole nitrogens is 1. The maximum absolute atomic E-state index is 12.4. The van der Waals surface area contributed by atoms with Crippen molar-refractivity contribution in [2.24, 2.45) is 0 Å². The largest absolute Gasteiger partial charge is 0.338 e. The molecule has 0 aliphatic carbocycles. The van der Waals surface area contributed by atoms with Crippen LogP contribution in [0.15, 0.2) is 24.5 Å². The Balaban J connectivity index is 1.67. The topological polar surface area (TPSA) is 61.9 Å². The molecule has 0 unspecified atom stereocenters. The lowest BCUT2D eigenvalue weighted by molar-refractivity contribution is -0.132. The molecule has 2 heterocycles. The van der Waals surface area contributed by atoms with Gasteiger partial charge in [0.25, 0.3) is 0 Å². The third kappa shape index (κ3) is 3.60. The van der Waals surface area contributed by atoms with Crippen molar-refractivity contribution in [2.45, 2.75) is 52.0 Å². The van der Waals surface area contributed by atoms with Crippen molar-refractivity contribution in [1.82, 2.24) is 20.1 Å². The number of fused-ring (bicyclic) bond motifs is 1. The highest BCUT2D eigenvalue weighted by Gasteiger charge is 2.22. The maximum atomic E-state index is 12.4. The molecule has 0 atom stereocenters. The SMILES string of the molecule is CC(C)(C)c1ccc2c(c1)CN(C(=O)CCc1ncn[nH]1)CC2. The van der Waals surface area contributed by atoms with Crippen molar-refractivity contribution in [2.75, 3.05) is 6.54 Å². The van der Waals surface area contributed by atoms with Gasteiger partial charge in [-0.05, 0) is 28.5 Å². The van der Waals surface area contributed by atoms with Crippen molar-refractivity contribution < 1.29 is 4.79 Å². The molecule has 1 aromatic carbocycles. The average Bonchev–Trinajstić information content (AvgIpc) is 3.04. The van der Waals surface area contributed by atoms with Gasteiger partial charge in [-0.15, -0.1) is 0 Å². The molecule has 2 aromatic rings. The molecule has 23 heavy (non-hydrogen) atoms. The first kappa shape index (κ1) is 15.7. The molecule has 1 aliphatic heterocycles. The van der Waals surface area contributed by atoms with E-state index in [1.807, 2.05) is 4.90 Å². The molecule has 0 spiro atoms. The summed E-state index contributed by atoms with van der Waals surface area (Å²) in [4.78, 5) is 18.5. The summed E-state index contributed by atoms with van der Waals surface area (Å²) < 4.78 is 0. The fourth-order valence-corrected chi connectivity index (χ4v) is 2.97. The van der Waals surface area contributed by atoms with E-state index in [0.29, 0.717) is 19.4 Å². The highest BCUT2D eigenvalue weighted by atomic mass is 16.2. The Morgan fingerprint density at radius 1 is 1.30 bits per heavy atom. The Hall–Kier alpha value is -2.17. The lowest BCUT2D eigenvalue weighted by Crippen LogP contribution is -2.36. The molecule has 0 radical (unpaired) electrons. The van der Waals surface area contributed by atoms with Crippen LogP contribution in [0.1, 0.15) is 49.7 Å². The van der Waals surface area contributed by atoms with Crippen molar-refractivity contribution in [3.8, 4) is 0 Å². The maximum Gasteiger partial charge on any atom is 0.223 e. The summed E-state index contributed by atoms with van der Waals surface area (Å²) in [5.74, 6) is 0.957. The molecule has 5 nitrogen and oxygen atoms in total. The van der Waals surface area contributed by atoms with Crippen LogP contribution in [0.4, 0.5) is 0 Å². The molecule has 0 saturated heterocycles. The summed E-state index contributed by atoms with van der Waals surface area (Å²) in [6, 6.07) is 6.72. The molecule has 0 bridgehead atoms. The van der Waals surface area contributed by atoms with Gasteiger partial charge in [0.05, 0.1) is 0 Å². The predicted molar refractivity (Wildman–Crippen MR) is 89.0 cm³/mol. The van der Waals surface area contributed by atoms with Gasteiger partial charge in [0, 0.05) is 25.9 Å². The summed E-state index contributed by atoms with van der Waals surface area (Å²) in [5, 5.41) is 6.62. The lowest BCUT2D eigenvalue weighted by Gasteiger charge is -2.30. The van der Waals surface area contributed by atoms with Gasteiger partial charge >= 0.3 is 0 Å². The minimum Gasteiger partial charge on any atom is -0.338 e. The van der Waals surface area contributed by atoms with E-state index in [-0.39, 0.29) is 11.3 Å². The number of benzene rings is 1. The molecule has 3 rings (SSSR count). The van der Waals surface area contributed by atoms with E-state index in [9.17, 15) is 4.79 Å². The smallest absolute Gasteiger partial charge is 0.223 e. The Labute approximate surface area is 137 Å². The summed E-state index contributed by atoms with van der Waals surface area (Å²) >= 11 is 0. The van der Waals surface area contributed by atoms with Crippen LogP contribution < -0.4 is 0 Å². The second kappa shape index (κ2) is 6.14. The van der Waals surface area contributed by atoms with E-state index in [1.54, 1.807) is 0 Å². The number of aromatic amines is 1. The van der Waals surface area contributed by atoms with Crippen LogP contribution in [0.2, 0.25) is 0 Å². The molecule has 1 N–H and O–H groups in total. The quantitative estimate of drug-likeness (QED) is 0.947. The highest BCUT2D eigenvalue weighted by Crippen LogP contribution is 2.27. The minimum absolute atomic E-state index is 0.133. The molecule has 122 valence electrons. The second-order valence-electron chi connectivity index (χ2n) is 7.23. The fourth-order valence-electron chi connectivity index (χ4n) is 2.97. The van der Waals surface area contributed by atoms with Gasteiger partial charge < -0.3 is 4.90 Å². The Morgan fingerprint density at radius 2 is 2.13 bits per heavy atom. The number of hydrogen-bond donors (Lipinski definition) is 1. The number of carbonyl (C=O) groups is 1. The average molecular weight is 312 g/mol. The standard InChI is InChI=1S/C18H24N4O/c1-18(2,3)15-5-4-13-8-9-22(11-14(13)10-15)17(23)7-6-16-19-12-20-21-16/h4-5,10,12H,6-9,11H2,1-3H3,(H,19,20,21). The van der Waals surface area contributed by atoms with E-state index in [0.717, 1.165) is 18.8 Å². The number of hydrogen-bond acceptors (Lipinski definition) is 3. The highest BCUT2D eigenvalue weighted by molar-refractivity contribution is 5.76. The second-order valence-corrected chi connectivity index (χ2v) is 7.23. The number of aryl methyl sites for hydroxylation is 1. The monoisotopic (exact) mass is 312 g/mol. The van der Waals surface area contributed by atoms with Gasteiger partial charge in [0.1, 0.15) is 12.2 Å². The number of amides is 1. The zero-order chi connectivity index (χ0) is 16.4. The molecule has 0 saturated carbocycles. The van der Waals surface area contributed by atoms with Crippen molar-refractivity contribution in [3.63, 3.8) is 0 Å². The van der Waals surface area contributed by atoms with Gasteiger partial charge in [-0.1, -0.05) is 39.0 Å². The van der Waals surface area contributed by atoms with Crippen LogP contribution >= 0.6 is 0 Å². The molecule has 0 fully saturated rings. The first-order valence-corrected chi connectivity index (χ1v) is 8.18. The van der Waals surface area contributed by atoms with Gasteiger partial charge in [-0.2, -0.15) is 5.10 Å². The predicted octanol–water partition coefficient (Wildman–Crippen LogP) is 2.62. The van der Waals surface area contributed by atoms with Gasteiger partial charge in [-0.3, -0.25) is 9.89 Å². The third-order valence-corrected chi connectivity index (χ3v) is 4.48. The van der Waals surface area contributed by atoms with Crippen molar-refractivity contribution in [3.05, 3.63) is 47.0 Å². The van der Waals surface area contributed by atoms with Gasteiger partial charge in [-0.25, -0.2) is 4.98 Å². The summed E-state index contributed by atoms with van der Waals surface area (Å²) in [5.41, 5.74) is 4.12. The zero-order valence-electron chi connectivity index (χ0n) is 14.1. The number of carbonyl (C=O) groups excluding carboxylic acids is 1. The number of nitrogens with zero attached hydrogens (tertiary/aromatic N) is 3. The molecule has 1 aromatic heterocycles. The molecular weight excluding hydrogens is 288 g/mol. The van der Waals surface area contributed by atoms with Gasteiger partial charge in [0.15, 0.2) is 0 Å². The van der Waals surface area contributed by atoms with E-state index < -0.39 is 0 Å². The Morgan fingerprint density at radius 3 is 2.83 bits per heavy atom. The number of aromatic nitrogens is 3.